The van der Waals surface area contributed by atoms with Gasteiger partial charge in [-0.05, 0) is 24.3 Å². The van der Waals surface area contributed by atoms with E-state index in [2.05, 4.69) is 0 Å². The summed E-state index contributed by atoms with van der Waals surface area (Å²) in [7, 11) is -4.34. The van der Waals surface area contributed by atoms with Gasteiger partial charge in [-0.25, -0.2) is 8.42 Å². The first-order valence-corrected chi connectivity index (χ1v) is 11.8. The lowest BCUT2D eigenvalue weighted by Crippen LogP contribution is -2.42. The number of ether oxygens (including phenoxy) is 1. The molecule has 174 valence electrons. The van der Waals surface area contributed by atoms with Gasteiger partial charge in [-0.2, -0.15) is 0 Å². The molecular formula is C25H21NO7S. The minimum atomic E-state index is -4.34. The summed E-state index contributed by atoms with van der Waals surface area (Å²) in [4.78, 5) is 26.2. The van der Waals surface area contributed by atoms with Gasteiger partial charge in [0.1, 0.15) is 18.1 Å². The van der Waals surface area contributed by atoms with Crippen LogP contribution in [0.4, 0.5) is 0 Å². The lowest BCUT2D eigenvalue weighted by molar-refractivity contribution is 0.0951. The van der Waals surface area contributed by atoms with Crippen molar-refractivity contribution in [3.05, 3.63) is 101 Å². The highest BCUT2D eigenvalue weighted by Gasteiger charge is 2.42. The number of nitrogens with zero attached hydrogens (tertiary/aromatic N) is 1. The van der Waals surface area contributed by atoms with Gasteiger partial charge in [-0.1, -0.05) is 54.6 Å². The normalized spacial score (nSPS) is 16.0. The van der Waals surface area contributed by atoms with Gasteiger partial charge in [0.25, 0.3) is 10.0 Å². The van der Waals surface area contributed by atoms with E-state index in [1.165, 1.54) is 48.5 Å². The second kappa shape index (κ2) is 9.50. The Labute approximate surface area is 196 Å². The second-order valence-electron chi connectivity index (χ2n) is 7.42. The van der Waals surface area contributed by atoms with Gasteiger partial charge in [0, 0.05) is 16.7 Å². The summed E-state index contributed by atoms with van der Waals surface area (Å²) in [6, 6.07) is 19.8. The van der Waals surface area contributed by atoms with Crippen LogP contribution in [0.25, 0.3) is 5.76 Å². The first kappa shape index (κ1) is 23.2. The van der Waals surface area contributed by atoms with E-state index in [1.54, 1.807) is 30.3 Å². The van der Waals surface area contributed by atoms with Crippen LogP contribution in [0, 0.1) is 0 Å². The van der Waals surface area contributed by atoms with Crippen molar-refractivity contribution in [1.82, 2.24) is 4.31 Å². The second-order valence-corrected chi connectivity index (χ2v) is 9.25. The number of rotatable bonds is 7. The summed E-state index contributed by atoms with van der Waals surface area (Å²) in [5.74, 6) is -1.54. The molecule has 0 atom stereocenters. The zero-order valence-corrected chi connectivity index (χ0v) is 18.7. The molecule has 0 saturated heterocycles. The quantitative estimate of drug-likeness (QED) is 0.303. The molecule has 4 rings (SSSR count). The van der Waals surface area contributed by atoms with Gasteiger partial charge in [0.2, 0.25) is 5.78 Å². The third-order valence-corrected chi connectivity index (χ3v) is 7.04. The van der Waals surface area contributed by atoms with E-state index < -0.39 is 39.6 Å². The van der Waals surface area contributed by atoms with Gasteiger partial charge in [-0.3, -0.25) is 13.9 Å². The van der Waals surface area contributed by atoms with Gasteiger partial charge in [-0.15, -0.1) is 0 Å². The van der Waals surface area contributed by atoms with Crippen molar-refractivity contribution in [2.75, 3.05) is 19.8 Å². The smallest absolute Gasteiger partial charge is 0.265 e. The molecule has 0 aliphatic carbocycles. The maximum Gasteiger partial charge on any atom is 0.265 e. The molecule has 9 heteroatoms. The molecule has 3 aromatic rings. The standard InChI is InChI=1S/C25H21NO7S/c27-13-14-33-19-10-6-9-18(15-19)21(28)16-26-23(24(29)17-7-2-1-3-8-17)25(30)20-11-4-5-12-22(20)34(26,31)32/h1-12,15,27,29H,13-14,16H2/b24-23+. The number of carbonyl (C=O) groups excluding carboxylic acids is 2. The highest BCUT2D eigenvalue weighted by molar-refractivity contribution is 7.89. The van der Waals surface area contributed by atoms with Crippen molar-refractivity contribution in [2.24, 2.45) is 0 Å². The van der Waals surface area contributed by atoms with E-state index in [-0.39, 0.29) is 34.8 Å². The highest BCUT2D eigenvalue weighted by atomic mass is 32.2. The first-order valence-electron chi connectivity index (χ1n) is 10.4. The number of hydrogen-bond donors (Lipinski definition) is 2. The Balaban J connectivity index is 1.81. The number of allylic oxidation sites excluding steroid dienone is 1. The lowest BCUT2D eigenvalue weighted by Gasteiger charge is -2.31. The molecule has 1 heterocycles. The van der Waals surface area contributed by atoms with E-state index in [1.807, 2.05) is 0 Å². The van der Waals surface area contributed by atoms with Crippen LogP contribution in [0.15, 0.2) is 89.5 Å². The minimum Gasteiger partial charge on any atom is -0.505 e. The highest BCUT2D eigenvalue weighted by Crippen LogP contribution is 2.35. The maximum absolute atomic E-state index is 13.5. The Morgan fingerprint density at radius 3 is 2.32 bits per heavy atom. The maximum atomic E-state index is 13.5. The zero-order valence-electron chi connectivity index (χ0n) is 17.9. The predicted molar refractivity (Wildman–Crippen MR) is 124 cm³/mol. The molecule has 8 nitrogen and oxygen atoms in total. The zero-order chi connectivity index (χ0) is 24.3. The Morgan fingerprint density at radius 1 is 0.912 bits per heavy atom. The van der Waals surface area contributed by atoms with E-state index in [0.29, 0.717) is 10.1 Å². The largest absolute Gasteiger partial charge is 0.505 e. The molecule has 0 unspecified atom stereocenters. The van der Waals surface area contributed by atoms with Crippen LogP contribution < -0.4 is 4.74 Å². The molecule has 2 N–H and O–H groups in total. The molecular weight excluding hydrogens is 458 g/mol. The third-order valence-electron chi connectivity index (χ3n) is 5.24. The topological polar surface area (TPSA) is 121 Å². The number of aliphatic hydroxyl groups excluding tert-OH is 2. The average molecular weight is 480 g/mol. The molecule has 0 aromatic heterocycles. The minimum absolute atomic E-state index is 0.0290. The Kier molecular flexibility index (Phi) is 6.49. The van der Waals surface area contributed by atoms with Crippen molar-refractivity contribution in [1.29, 1.82) is 0 Å². The number of carbonyl (C=O) groups is 2. The average Bonchev–Trinajstić information content (AvgIpc) is 2.86. The Morgan fingerprint density at radius 2 is 1.59 bits per heavy atom. The Bertz CT molecular complexity index is 1380. The molecule has 0 spiro atoms. The summed E-state index contributed by atoms with van der Waals surface area (Å²) in [6.45, 7) is -0.891. The van der Waals surface area contributed by atoms with Crippen LogP contribution in [0.3, 0.4) is 0 Å². The fourth-order valence-corrected chi connectivity index (χ4v) is 5.25. The van der Waals surface area contributed by atoms with Crippen LogP contribution >= 0.6 is 0 Å². The number of Topliss-reactive ketones (excluding diaryl/α,β-unsaturated/α-hetero) is 2. The van der Waals surface area contributed by atoms with E-state index in [0.717, 1.165) is 0 Å². The van der Waals surface area contributed by atoms with Crippen LogP contribution in [0.2, 0.25) is 0 Å². The molecule has 0 amide bonds. The van der Waals surface area contributed by atoms with Gasteiger partial charge < -0.3 is 14.9 Å². The molecule has 0 saturated carbocycles. The molecule has 1 aliphatic heterocycles. The summed E-state index contributed by atoms with van der Waals surface area (Å²) in [6.07, 6.45) is 0. The van der Waals surface area contributed by atoms with E-state index in [9.17, 15) is 23.1 Å². The van der Waals surface area contributed by atoms with E-state index in [4.69, 9.17) is 9.84 Å². The predicted octanol–water partition coefficient (Wildman–Crippen LogP) is 3.05. The summed E-state index contributed by atoms with van der Waals surface area (Å²) < 4.78 is 33.0. The summed E-state index contributed by atoms with van der Waals surface area (Å²) >= 11 is 0. The monoisotopic (exact) mass is 479 g/mol. The summed E-state index contributed by atoms with van der Waals surface area (Å²) in [5, 5.41) is 19.9. The fourth-order valence-electron chi connectivity index (χ4n) is 3.63. The van der Waals surface area contributed by atoms with Gasteiger partial charge >= 0.3 is 0 Å². The van der Waals surface area contributed by atoms with Crippen LogP contribution in [-0.4, -0.2) is 54.3 Å². The molecule has 0 fully saturated rings. The van der Waals surface area contributed by atoms with Crippen molar-refractivity contribution in [3.8, 4) is 5.75 Å². The number of ketones is 2. The van der Waals surface area contributed by atoms with Crippen molar-refractivity contribution >= 4 is 27.3 Å². The molecule has 34 heavy (non-hydrogen) atoms. The van der Waals surface area contributed by atoms with Crippen LogP contribution in [0.5, 0.6) is 5.75 Å². The first-order chi connectivity index (χ1) is 16.3. The van der Waals surface area contributed by atoms with Crippen molar-refractivity contribution in [2.45, 2.75) is 4.90 Å². The number of hydrogen-bond acceptors (Lipinski definition) is 7. The number of sulfonamides is 1. The van der Waals surface area contributed by atoms with E-state index >= 15 is 0 Å². The summed E-state index contributed by atoms with van der Waals surface area (Å²) in [5.41, 5.74) is -0.193. The van der Waals surface area contributed by atoms with Gasteiger partial charge in [0.15, 0.2) is 11.5 Å². The third kappa shape index (κ3) is 4.30. The van der Waals surface area contributed by atoms with Gasteiger partial charge in [0.05, 0.1) is 18.0 Å². The lowest BCUT2D eigenvalue weighted by atomic mass is 10.0. The molecule has 0 radical (unpaired) electrons. The molecule has 1 aliphatic rings. The number of aliphatic hydroxyl groups is 2. The SMILES string of the molecule is O=C(CN1/C(=C(/O)c2ccccc2)C(=O)c2ccccc2S1(=O)=O)c1cccc(OCCO)c1. The molecule has 0 bridgehead atoms. The Hall–Kier alpha value is -3.95. The fraction of sp³-hybridized carbons (Fsp3) is 0.120. The van der Waals surface area contributed by atoms with Crippen LogP contribution in [0.1, 0.15) is 26.3 Å². The van der Waals surface area contributed by atoms with Crippen LogP contribution in [-0.2, 0) is 10.0 Å². The van der Waals surface area contributed by atoms with Crippen molar-refractivity contribution < 1.29 is 33.0 Å². The van der Waals surface area contributed by atoms with Crippen molar-refractivity contribution in [3.63, 3.8) is 0 Å². The number of benzene rings is 3. The molecule has 3 aromatic carbocycles. The number of fused-ring (bicyclic) bond motifs is 1.